The molecule has 0 bridgehead atoms. The summed E-state index contributed by atoms with van der Waals surface area (Å²) in [5.74, 6) is -0.558. The highest BCUT2D eigenvalue weighted by molar-refractivity contribution is 5.70. The van der Waals surface area contributed by atoms with Crippen molar-refractivity contribution in [3.63, 3.8) is 0 Å². The minimum absolute atomic E-state index is 0.0112. The summed E-state index contributed by atoms with van der Waals surface area (Å²) in [6.07, 6.45) is 74.6. The predicted octanol–water partition coefficient (Wildman–Crippen LogP) is 16.6. The molecule has 0 spiro atoms. The fourth-order valence-electron chi connectivity index (χ4n) is 5.89. The van der Waals surface area contributed by atoms with E-state index in [2.05, 4.69) is 161 Å². The summed E-state index contributed by atoms with van der Waals surface area (Å²) in [7, 11) is 0. The van der Waals surface area contributed by atoms with Crippen molar-refractivity contribution in [2.24, 2.45) is 0 Å². The quantitative estimate of drug-likeness (QED) is 0.0348. The average molecular weight is 853 g/mol. The van der Waals surface area contributed by atoms with Crippen LogP contribution in [0.3, 0.4) is 0 Å². The summed E-state index contributed by atoms with van der Waals surface area (Å²) in [5.41, 5.74) is 0. The van der Waals surface area contributed by atoms with E-state index in [-0.39, 0.29) is 31.6 Å². The third-order valence-corrected chi connectivity index (χ3v) is 9.38. The van der Waals surface area contributed by atoms with E-state index in [1.165, 1.54) is 25.7 Å². The smallest absolute Gasteiger partial charge is 0.306 e. The molecule has 62 heavy (non-hydrogen) atoms. The van der Waals surface area contributed by atoms with Crippen molar-refractivity contribution < 1.29 is 23.8 Å². The lowest BCUT2D eigenvalue weighted by Gasteiger charge is -2.18. The van der Waals surface area contributed by atoms with Crippen LogP contribution in [-0.4, -0.2) is 37.9 Å². The minimum Gasteiger partial charge on any atom is -0.462 e. The summed E-state index contributed by atoms with van der Waals surface area (Å²) in [5, 5.41) is 0. The Kier molecular flexibility index (Phi) is 47.7. The van der Waals surface area contributed by atoms with E-state index in [1.54, 1.807) is 0 Å². The molecule has 0 amide bonds. The van der Waals surface area contributed by atoms with Crippen molar-refractivity contribution in [3.8, 4) is 0 Å². The summed E-state index contributed by atoms with van der Waals surface area (Å²) in [4.78, 5) is 25.3. The number of carbonyl (C=O) groups is 2. The highest BCUT2D eigenvalue weighted by Crippen LogP contribution is 2.11. The van der Waals surface area contributed by atoms with Gasteiger partial charge in [0.25, 0.3) is 0 Å². The third-order valence-electron chi connectivity index (χ3n) is 9.38. The van der Waals surface area contributed by atoms with Crippen LogP contribution in [0.1, 0.15) is 175 Å². The van der Waals surface area contributed by atoms with Crippen LogP contribution >= 0.6 is 0 Å². The van der Waals surface area contributed by atoms with E-state index in [4.69, 9.17) is 14.2 Å². The first-order valence-corrected chi connectivity index (χ1v) is 24.4. The molecule has 1 atom stereocenters. The Morgan fingerprint density at radius 3 is 1.15 bits per heavy atom. The van der Waals surface area contributed by atoms with Gasteiger partial charge in [-0.25, -0.2) is 0 Å². The highest BCUT2D eigenvalue weighted by atomic mass is 16.6. The maximum atomic E-state index is 12.7. The van der Waals surface area contributed by atoms with Gasteiger partial charge in [0.1, 0.15) is 6.61 Å². The molecule has 0 aromatic rings. The number of allylic oxidation sites excluding steroid dienone is 23. The van der Waals surface area contributed by atoms with Gasteiger partial charge in [-0.15, -0.1) is 0 Å². The van der Waals surface area contributed by atoms with Gasteiger partial charge in [0.2, 0.25) is 0 Å². The normalized spacial score (nSPS) is 13.5. The predicted molar refractivity (Wildman–Crippen MR) is 269 cm³/mol. The molecule has 0 aromatic heterocycles. The van der Waals surface area contributed by atoms with Gasteiger partial charge in [-0.05, 0) is 109 Å². The lowest BCUT2D eigenvalue weighted by Crippen LogP contribution is -2.30. The molecule has 0 rings (SSSR count). The first kappa shape index (κ1) is 57.8. The molecule has 0 saturated heterocycles. The molecular formula is C57H88O5. The topological polar surface area (TPSA) is 61.8 Å². The first-order chi connectivity index (χ1) is 30.6. The Balaban J connectivity index is 4.51. The van der Waals surface area contributed by atoms with E-state index in [0.29, 0.717) is 19.4 Å². The largest absolute Gasteiger partial charge is 0.462 e. The second-order valence-corrected chi connectivity index (χ2v) is 15.2. The lowest BCUT2D eigenvalue weighted by atomic mass is 10.1. The van der Waals surface area contributed by atoms with Crippen LogP contribution in [0.4, 0.5) is 0 Å². The van der Waals surface area contributed by atoms with Gasteiger partial charge in [0, 0.05) is 12.8 Å². The summed E-state index contributed by atoms with van der Waals surface area (Å²) in [6, 6.07) is 0. The molecule has 0 radical (unpaired) electrons. The van der Waals surface area contributed by atoms with Crippen molar-refractivity contribution in [2.45, 2.75) is 181 Å². The molecule has 0 N–H and O–H groups in total. The van der Waals surface area contributed by atoms with E-state index >= 15 is 0 Å². The van der Waals surface area contributed by atoms with Crippen molar-refractivity contribution in [3.05, 3.63) is 146 Å². The van der Waals surface area contributed by atoms with Crippen molar-refractivity contribution >= 4 is 11.9 Å². The van der Waals surface area contributed by atoms with E-state index in [1.807, 2.05) is 6.08 Å². The molecule has 1 unspecified atom stereocenters. The summed E-state index contributed by atoms with van der Waals surface area (Å²) >= 11 is 0. The number of hydrogen-bond acceptors (Lipinski definition) is 5. The third kappa shape index (κ3) is 48.4. The first-order valence-electron chi connectivity index (χ1n) is 24.4. The Morgan fingerprint density at radius 1 is 0.355 bits per heavy atom. The zero-order valence-electron chi connectivity index (χ0n) is 39.6. The van der Waals surface area contributed by atoms with Crippen LogP contribution in [0, 0.1) is 0 Å². The number of unbranched alkanes of at least 4 members (excludes halogenated alkanes) is 7. The summed E-state index contributed by atoms with van der Waals surface area (Å²) in [6.45, 7) is 7.15. The number of esters is 2. The SMILES string of the molecule is CC/C=C\C/C=C\C/C=C\C/C=C\C/C=C\CCOCC(COC(=O)CCCCCCCCC/C=C\C/C=C\C/C=C\CC)OC(=O)CC/C=C\C/C=C\C/C=C\C/C=C\CC. The van der Waals surface area contributed by atoms with E-state index in [9.17, 15) is 9.59 Å². The Hall–Kier alpha value is -4.22. The maximum Gasteiger partial charge on any atom is 0.306 e. The Bertz CT molecular complexity index is 1380. The number of hydrogen-bond donors (Lipinski definition) is 0. The molecule has 0 fully saturated rings. The van der Waals surface area contributed by atoms with Crippen LogP contribution in [0.2, 0.25) is 0 Å². The van der Waals surface area contributed by atoms with Crippen molar-refractivity contribution in [1.29, 1.82) is 0 Å². The second kappa shape index (κ2) is 51.1. The maximum absolute atomic E-state index is 12.7. The molecule has 0 aliphatic heterocycles. The van der Waals surface area contributed by atoms with Gasteiger partial charge in [0.15, 0.2) is 6.10 Å². The van der Waals surface area contributed by atoms with Gasteiger partial charge in [0.05, 0.1) is 13.2 Å². The van der Waals surface area contributed by atoms with E-state index in [0.717, 1.165) is 109 Å². The van der Waals surface area contributed by atoms with Gasteiger partial charge >= 0.3 is 11.9 Å². The molecule has 5 nitrogen and oxygen atoms in total. The van der Waals surface area contributed by atoms with Crippen molar-refractivity contribution in [2.75, 3.05) is 19.8 Å². The monoisotopic (exact) mass is 853 g/mol. The molecule has 0 saturated carbocycles. The number of ether oxygens (including phenoxy) is 3. The van der Waals surface area contributed by atoms with E-state index < -0.39 is 6.10 Å². The number of carbonyl (C=O) groups excluding carboxylic acids is 2. The average Bonchev–Trinajstić information content (AvgIpc) is 3.27. The van der Waals surface area contributed by atoms with Crippen LogP contribution in [0.25, 0.3) is 0 Å². The fourth-order valence-corrected chi connectivity index (χ4v) is 5.89. The molecule has 0 aromatic carbocycles. The standard InChI is InChI=1S/C57H88O5/c1-4-7-10-13-16-19-22-25-27-29-30-33-35-38-41-44-47-50-56(58)61-54-55(62-57(59)51-48-45-42-39-36-32-24-21-18-15-12-9-6-3)53-60-52-49-46-43-40-37-34-31-28-26-23-20-17-14-11-8-5-2/h7-12,16-21,25-28,32,34,36-37,42-43,45-46,55H,4-6,13-15,22-24,29-31,33,35,38-41,44,47-54H2,1-3H3/b10-7-,11-8-,12-9-,19-16-,20-17-,21-18-,27-25-,28-26-,36-32-,37-34-,45-42-,46-43-. The molecule has 5 heteroatoms. The molecular weight excluding hydrogens is 765 g/mol. The number of rotatable bonds is 42. The Morgan fingerprint density at radius 2 is 0.710 bits per heavy atom. The second-order valence-electron chi connectivity index (χ2n) is 15.2. The molecule has 0 heterocycles. The van der Waals surface area contributed by atoms with Crippen LogP contribution in [0.5, 0.6) is 0 Å². The lowest BCUT2D eigenvalue weighted by molar-refractivity contribution is -0.162. The van der Waals surface area contributed by atoms with Gasteiger partial charge in [-0.3, -0.25) is 9.59 Å². The van der Waals surface area contributed by atoms with Crippen LogP contribution in [0.15, 0.2) is 146 Å². The molecule has 0 aliphatic rings. The van der Waals surface area contributed by atoms with Gasteiger partial charge in [-0.2, -0.15) is 0 Å². The van der Waals surface area contributed by atoms with Gasteiger partial charge < -0.3 is 14.2 Å². The van der Waals surface area contributed by atoms with Crippen LogP contribution in [-0.2, 0) is 23.8 Å². The zero-order chi connectivity index (χ0) is 44.9. The molecule has 346 valence electrons. The fraction of sp³-hybridized carbons (Fsp3) is 0.544. The van der Waals surface area contributed by atoms with Crippen molar-refractivity contribution in [1.82, 2.24) is 0 Å². The van der Waals surface area contributed by atoms with Crippen LogP contribution < -0.4 is 0 Å². The van der Waals surface area contributed by atoms with Gasteiger partial charge in [-0.1, -0.05) is 199 Å². The highest BCUT2D eigenvalue weighted by Gasteiger charge is 2.17. The summed E-state index contributed by atoms with van der Waals surface area (Å²) < 4.78 is 17.2. The minimum atomic E-state index is -0.628. The Labute approximate surface area is 381 Å². The molecule has 0 aliphatic carbocycles. The zero-order valence-corrected chi connectivity index (χ0v) is 39.6.